The van der Waals surface area contributed by atoms with E-state index in [1.807, 2.05) is 0 Å². The molecule has 2 N–H and O–H groups in total. The molecule has 7 nitrogen and oxygen atoms in total. The van der Waals surface area contributed by atoms with Crippen molar-refractivity contribution in [2.45, 2.75) is 4.90 Å². The van der Waals surface area contributed by atoms with Crippen LogP contribution in [0.4, 0.5) is 5.69 Å². The molecule has 0 spiro atoms. The minimum atomic E-state index is -3.88. The highest BCUT2D eigenvalue weighted by molar-refractivity contribution is 7.92. The highest BCUT2D eigenvalue weighted by atomic mass is 35.5. The van der Waals surface area contributed by atoms with E-state index in [2.05, 4.69) is 15.2 Å². The second-order valence-electron chi connectivity index (χ2n) is 6.12. The Balaban J connectivity index is 1.71. The highest BCUT2D eigenvalue weighted by Crippen LogP contribution is 2.20. The van der Waals surface area contributed by atoms with Gasteiger partial charge in [-0.1, -0.05) is 29.8 Å². The van der Waals surface area contributed by atoms with Crippen molar-refractivity contribution in [1.82, 2.24) is 5.43 Å². The summed E-state index contributed by atoms with van der Waals surface area (Å²) in [5, 5.41) is 4.42. The first-order valence-electron chi connectivity index (χ1n) is 8.73. The molecular formula is C21H18ClN3O4S. The predicted molar refractivity (Wildman–Crippen MR) is 117 cm³/mol. The number of hydrogen-bond donors (Lipinski definition) is 2. The zero-order chi connectivity index (χ0) is 21.6. The van der Waals surface area contributed by atoms with Crippen molar-refractivity contribution in [3.63, 3.8) is 0 Å². The van der Waals surface area contributed by atoms with Crippen molar-refractivity contribution < 1.29 is 17.9 Å². The maximum Gasteiger partial charge on any atom is 0.271 e. The Labute approximate surface area is 179 Å². The Morgan fingerprint density at radius 1 is 1.03 bits per heavy atom. The van der Waals surface area contributed by atoms with Crippen LogP contribution in [0.25, 0.3) is 0 Å². The molecule has 0 aliphatic heterocycles. The van der Waals surface area contributed by atoms with Crippen molar-refractivity contribution in [2.75, 3.05) is 11.8 Å². The van der Waals surface area contributed by atoms with E-state index in [0.29, 0.717) is 22.0 Å². The molecule has 0 fully saturated rings. The van der Waals surface area contributed by atoms with E-state index in [1.165, 1.54) is 37.6 Å². The first kappa shape index (κ1) is 21.4. The lowest BCUT2D eigenvalue weighted by molar-refractivity contribution is 0.0955. The van der Waals surface area contributed by atoms with E-state index in [-0.39, 0.29) is 10.5 Å². The fourth-order valence-corrected chi connectivity index (χ4v) is 3.80. The van der Waals surface area contributed by atoms with Gasteiger partial charge in [0.25, 0.3) is 15.9 Å². The van der Waals surface area contributed by atoms with Crippen molar-refractivity contribution in [2.24, 2.45) is 5.10 Å². The summed E-state index contributed by atoms with van der Waals surface area (Å²) in [6.07, 6.45) is 1.44. The number of hydrazone groups is 1. The van der Waals surface area contributed by atoms with Gasteiger partial charge < -0.3 is 4.74 Å². The molecule has 3 rings (SSSR count). The first-order chi connectivity index (χ1) is 14.4. The third-order valence-corrected chi connectivity index (χ3v) is 5.59. The van der Waals surface area contributed by atoms with Crippen LogP contribution in [0.15, 0.2) is 82.8 Å². The molecule has 0 heterocycles. The molecule has 30 heavy (non-hydrogen) atoms. The average molecular weight is 444 g/mol. The summed E-state index contributed by atoms with van der Waals surface area (Å²) in [6, 6.07) is 19.0. The normalized spacial score (nSPS) is 11.3. The predicted octanol–water partition coefficient (Wildman–Crippen LogP) is 3.91. The second kappa shape index (κ2) is 9.43. The van der Waals surface area contributed by atoms with E-state index >= 15 is 0 Å². The molecule has 0 aliphatic rings. The van der Waals surface area contributed by atoms with Crippen LogP contribution in [0.1, 0.15) is 15.9 Å². The lowest BCUT2D eigenvalue weighted by Crippen LogP contribution is -2.19. The fraction of sp³-hybridized carbons (Fsp3) is 0.0476. The average Bonchev–Trinajstić information content (AvgIpc) is 2.74. The van der Waals surface area contributed by atoms with Crippen molar-refractivity contribution in [3.8, 4) is 5.75 Å². The summed E-state index contributed by atoms with van der Waals surface area (Å²) >= 11 is 5.90. The third-order valence-electron chi connectivity index (χ3n) is 3.98. The minimum Gasteiger partial charge on any atom is -0.497 e. The largest absolute Gasteiger partial charge is 0.497 e. The van der Waals surface area contributed by atoms with Crippen LogP contribution < -0.4 is 14.9 Å². The maximum atomic E-state index is 12.6. The molecule has 3 aromatic rings. The van der Waals surface area contributed by atoms with Gasteiger partial charge >= 0.3 is 0 Å². The Kier molecular flexibility index (Phi) is 6.71. The fourth-order valence-electron chi connectivity index (χ4n) is 2.49. The van der Waals surface area contributed by atoms with Crippen LogP contribution >= 0.6 is 11.6 Å². The maximum absolute atomic E-state index is 12.6. The highest BCUT2D eigenvalue weighted by Gasteiger charge is 2.16. The molecule has 0 saturated heterocycles. The van der Waals surface area contributed by atoms with E-state index in [0.717, 1.165) is 0 Å². The number of anilines is 1. The van der Waals surface area contributed by atoms with Crippen LogP contribution in [0, 0.1) is 0 Å². The lowest BCUT2D eigenvalue weighted by atomic mass is 10.2. The van der Waals surface area contributed by atoms with E-state index in [9.17, 15) is 13.2 Å². The second-order valence-corrected chi connectivity index (χ2v) is 8.23. The number of ether oxygens (including phenoxy) is 1. The first-order valence-corrected chi connectivity index (χ1v) is 10.6. The summed E-state index contributed by atoms with van der Waals surface area (Å²) in [6.45, 7) is 0. The van der Waals surface area contributed by atoms with Gasteiger partial charge in [0.05, 0.1) is 18.2 Å². The van der Waals surface area contributed by atoms with Gasteiger partial charge in [0.1, 0.15) is 5.75 Å². The zero-order valence-electron chi connectivity index (χ0n) is 15.9. The zero-order valence-corrected chi connectivity index (χ0v) is 17.4. The SMILES string of the molecule is COc1ccc(NS(=O)(=O)c2cccc(C(=O)N/N=C/c3cccc(Cl)c3)c2)cc1. The van der Waals surface area contributed by atoms with Crippen molar-refractivity contribution in [1.29, 1.82) is 0 Å². The van der Waals surface area contributed by atoms with E-state index < -0.39 is 15.9 Å². The number of amides is 1. The van der Waals surface area contributed by atoms with Gasteiger partial charge in [-0.15, -0.1) is 0 Å². The van der Waals surface area contributed by atoms with Gasteiger partial charge in [-0.25, -0.2) is 13.8 Å². The summed E-state index contributed by atoms with van der Waals surface area (Å²) in [5.41, 5.74) is 3.60. The number of benzene rings is 3. The smallest absolute Gasteiger partial charge is 0.271 e. The molecule has 9 heteroatoms. The summed E-state index contributed by atoms with van der Waals surface area (Å²) in [5.74, 6) is 0.0599. The van der Waals surface area contributed by atoms with Crippen LogP contribution in [0.3, 0.4) is 0 Å². The molecule has 0 unspecified atom stereocenters. The standard InChI is InChI=1S/C21H18ClN3O4S/c1-29-19-10-8-18(9-11-19)25-30(27,28)20-7-3-5-16(13-20)21(26)24-23-14-15-4-2-6-17(22)12-15/h2-14,25H,1H3,(H,24,26)/b23-14+. The quantitative estimate of drug-likeness (QED) is 0.427. The topological polar surface area (TPSA) is 96.9 Å². The van der Waals surface area contributed by atoms with Crippen LogP contribution in [-0.4, -0.2) is 27.6 Å². The van der Waals surface area contributed by atoms with E-state index in [1.54, 1.807) is 48.5 Å². The molecule has 0 radical (unpaired) electrons. The number of rotatable bonds is 7. The van der Waals surface area contributed by atoms with Gasteiger partial charge in [0, 0.05) is 16.3 Å². The summed E-state index contributed by atoms with van der Waals surface area (Å²) < 4.78 is 32.8. The van der Waals surface area contributed by atoms with Gasteiger partial charge in [0.15, 0.2) is 0 Å². The van der Waals surface area contributed by atoms with Crippen LogP contribution in [0.2, 0.25) is 5.02 Å². The molecule has 0 aromatic heterocycles. The Morgan fingerprint density at radius 2 is 1.77 bits per heavy atom. The number of halogens is 1. The Morgan fingerprint density at radius 3 is 2.47 bits per heavy atom. The number of nitrogens with one attached hydrogen (secondary N) is 2. The molecule has 3 aromatic carbocycles. The van der Waals surface area contributed by atoms with Crippen molar-refractivity contribution in [3.05, 3.63) is 88.9 Å². The van der Waals surface area contributed by atoms with Crippen LogP contribution in [-0.2, 0) is 10.0 Å². The third kappa shape index (κ3) is 5.59. The summed E-state index contributed by atoms with van der Waals surface area (Å²) in [7, 11) is -2.36. The van der Waals surface area contributed by atoms with Gasteiger partial charge in [-0.2, -0.15) is 5.10 Å². The Hall–Kier alpha value is -3.36. The molecule has 0 bridgehead atoms. The molecule has 0 atom stereocenters. The lowest BCUT2D eigenvalue weighted by Gasteiger charge is -2.09. The molecular weight excluding hydrogens is 426 g/mol. The molecule has 0 saturated carbocycles. The van der Waals surface area contributed by atoms with Gasteiger partial charge in [0.2, 0.25) is 0 Å². The molecule has 154 valence electrons. The molecule has 0 aliphatic carbocycles. The number of methoxy groups -OCH3 is 1. The van der Waals surface area contributed by atoms with Crippen LogP contribution in [0.5, 0.6) is 5.75 Å². The van der Waals surface area contributed by atoms with E-state index in [4.69, 9.17) is 16.3 Å². The number of hydrogen-bond acceptors (Lipinski definition) is 5. The summed E-state index contributed by atoms with van der Waals surface area (Å²) in [4.78, 5) is 12.3. The van der Waals surface area contributed by atoms with Gasteiger partial charge in [-0.05, 0) is 60.2 Å². The number of carbonyl (C=O) groups is 1. The van der Waals surface area contributed by atoms with Crippen molar-refractivity contribution >= 4 is 39.4 Å². The number of nitrogens with zero attached hydrogens (tertiary/aromatic N) is 1. The Bertz CT molecular complexity index is 1180. The monoisotopic (exact) mass is 443 g/mol. The number of carbonyl (C=O) groups excluding carboxylic acids is 1. The van der Waals surface area contributed by atoms with Gasteiger partial charge in [-0.3, -0.25) is 9.52 Å². The molecule has 1 amide bonds. The minimum absolute atomic E-state index is 0.0511. The number of sulfonamides is 1.